The fourth-order valence-electron chi connectivity index (χ4n) is 1.56. The number of halogens is 2. The van der Waals surface area contributed by atoms with Crippen molar-refractivity contribution in [3.05, 3.63) is 28.3 Å². The zero-order chi connectivity index (χ0) is 11.1. The average molecular weight is 247 g/mol. The SMILES string of the molecule is CC1(C)OCc2c(CCl)ccc(Cl)c2O1. The highest BCUT2D eigenvalue weighted by atomic mass is 35.5. The molecule has 0 aliphatic carbocycles. The zero-order valence-electron chi connectivity index (χ0n) is 8.64. The lowest BCUT2D eigenvalue weighted by Gasteiger charge is -2.33. The van der Waals surface area contributed by atoms with E-state index in [1.54, 1.807) is 6.07 Å². The monoisotopic (exact) mass is 246 g/mol. The molecule has 0 spiro atoms. The summed E-state index contributed by atoms with van der Waals surface area (Å²) < 4.78 is 11.2. The number of hydrogen-bond acceptors (Lipinski definition) is 2. The summed E-state index contributed by atoms with van der Waals surface area (Å²) in [5.74, 6) is 0.514. The Balaban J connectivity index is 2.50. The highest BCUT2D eigenvalue weighted by Gasteiger charge is 2.30. The van der Waals surface area contributed by atoms with Crippen LogP contribution in [0.3, 0.4) is 0 Å². The first-order valence-electron chi connectivity index (χ1n) is 4.73. The smallest absolute Gasteiger partial charge is 0.205 e. The second kappa shape index (κ2) is 3.85. The molecule has 0 atom stereocenters. The Kier molecular flexibility index (Phi) is 2.84. The van der Waals surface area contributed by atoms with Crippen LogP contribution in [0.1, 0.15) is 25.0 Å². The van der Waals surface area contributed by atoms with Gasteiger partial charge in [0.05, 0.1) is 11.6 Å². The molecule has 0 aromatic heterocycles. The van der Waals surface area contributed by atoms with Gasteiger partial charge < -0.3 is 9.47 Å². The maximum absolute atomic E-state index is 6.07. The van der Waals surface area contributed by atoms with Crippen molar-refractivity contribution < 1.29 is 9.47 Å². The van der Waals surface area contributed by atoms with E-state index in [1.165, 1.54) is 0 Å². The molecule has 0 bridgehead atoms. The molecule has 15 heavy (non-hydrogen) atoms. The van der Waals surface area contributed by atoms with Gasteiger partial charge in [0.2, 0.25) is 5.79 Å². The summed E-state index contributed by atoms with van der Waals surface area (Å²) in [7, 11) is 0. The quantitative estimate of drug-likeness (QED) is 0.704. The minimum Gasteiger partial charge on any atom is -0.461 e. The van der Waals surface area contributed by atoms with E-state index in [0.717, 1.165) is 11.1 Å². The Hall–Kier alpha value is -0.440. The summed E-state index contributed by atoms with van der Waals surface area (Å²) in [6.45, 7) is 4.21. The van der Waals surface area contributed by atoms with Crippen LogP contribution >= 0.6 is 23.2 Å². The second-order valence-electron chi connectivity index (χ2n) is 3.94. The van der Waals surface area contributed by atoms with Gasteiger partial charge in [-0.15, -0.1) is 11.6 Å². The van der Waals surface area contributed by atoms with Crippen molar-refractivity contribution in [2.45, 2.75) is 32.1 Å². The summed E-state index contributed by atoms with van der Waals surface area (Å²) in [6.07, 6.45) is 0. The molecular formula is C11H12Cl2O2. The molecule has 2 rings (SSSR count). The molecule has 0 saturated heterocycles. The Morgan fingerprint density at radius 1 is 1.40 bits per heavy atom. The van der Waals surface area contributed by atoms with Crippen LogP contribution < -0.4 is 4.74 Å². The van der Waals surface area contributed by atoms with E-state index in [2.05, 4.69) is 0 Å². The predicted molar refractivity (Wildman–Crippen MR) is 60.5 cm³/mol. The van der Waals surface area contributed by atoms with Crippen molar-refractivity contribution >= 4 is 23.2 Å². The normalized spacial score (nSPS) is 18.1. The molecule has 1 aromatic carbocycles. The standard InChI is InChI=1S/C11H12Cl2O2/c1-11(2)14-6-8-7(5-12)3-4-9(13)10(8)15-11/h3-4H,5-6H2,1-2H3. The number of hydrogen-bond donors (Lipinski definition) is 0. The molecule has 1 heterocycles. The first-order valence-corrected chi connectivity index (χ1v) is 5.64. The van der Waals surface area contributed by atoms with Gasteiger partial charge in [0, 0.05) is 25.3 Å². The first-order chi connectivity index (χ1) is 7.03. The fraction of sp³-hybridized carbons (Fsp3) is 0.455. The van der Waals surface area contributed by atoms with Crippen LogP contribution in [0.5, 0.6) is 5.75 Å². The summed E-state index contributed by atoms with van der Waals surface area (Å²) in [5.41, 5.74) is 1.96. The Labute approximate surface area is 99.1 Å². The van der Waals surface area contributed by atoms with Gasteiger partial charge in [-0.2, -0.15) is 0 Å². The van der Waals surface area contributed by atoms with Gasteiger partial charge in [-0.1, -0.05) is 17.7 Å². The van der Waals surface area contributed by atoms with Crippen molar-refractivity contribution in [1.82, 2.24) is 0 Å². The number of fused-ring (bicyclic) bond motifs is 1. The van der Waals surface area contributed by atoms with E-state index in [9.17, 15) is 0 Å². The maximum atomic E-state index is 6.07. The molecule has 4 heteroatoms. The van der Waals surface area contributed by atoms with Crippen LogP contribution in [0.4, 0.5) is 0 Å². The molecule has 0 radical (unpaired) electrons. The molecule has 0 unspecified atom stereocenters. The van der Waals surface area contributed by atoms with Crippen LogP contribution in [0.25, 0.3) is 0 Å². The van der Waals surface area contributed by atoms with E-state index >= 15 is 0 Å². The van der Waals surface area contributed by atoms with Crippen molar-refractivity contribution in [1.29, 1.82) is 0 Å². The van der Waals surface area contributed by atoms with Gasteiger partial charge >= 0.3 is 0 Å². The third kappa shape index (κ3) is 2.07. The molecule has 0 amide bonds. The Bertz CT molecular complexity index is 388. The van der Waals surface area contributed by atoms with E-state index in [0.29, 0.717) is 23.3 Å². The third-order valence-corrected chi connectivity index (χ3v) is 2.95. The predicted octanol–water partition coefficient (Wildman–Crippen LogP) is 3.72. The highest BCUT2D eigenvalue weighted by molar-refractivity contribution is 6.32. The van der Waals surface area contributed by atoms with Crippen LogP contribution in [-0.2, 0) is 17.2 Å². The molecule has 0 N–H and O–H groups in total. The third-order valence-electron chi connectivity index (χ3n) is 2.37. The van der Waals surface area contributed by atoms with Crippen molar-refractivity contribution in [3.8, 4) is 5.75 Å². The number of alkyl halides is 1. The van der Waals surface area contributed by atoms with Gasteiger partial charge in [-0.3, -0.25) is 0 Å². The molecule has 0 saturated carbocycles. The molecular weight excluding hydrogens is 235 g/mol. The largest absolute Gasteiger partial charge is 0.461 e. The van der Waals surface area contributed by atoms with Crippen LogP contribution in [0, 0.1) is 0 Å². The Morgan fingerprint density at radius 2 is 2.13 bits per heavy atom. The maximum Gasteiger partial charge on any atom is 0.205 e. The van der Waals surface area contributed by atoms with Crippen LogP contribution in [0.2, 0.25) is 5.02 Å². The van der Waals surface area contributed by atoms with E-state index < -0.39 is 5.79 Å². The van der Waals surface area contributed by atoms with Gasteiger partial charge in [0.15, 0.2) is 0 Å². The lowest BCUT2D eigenvalue weighted by Crippen LogP contribution is -2.35. The second-order valence-corrected chi connectivity index (χ2v) is 4.61. The van der Waals surface area contributed by atoms with Crippen LogP contribution in [0.15, 0.2) is 12.1 Å². The fourth-order valence-corrected chi connectivity index (χ4v) is 2.02. The van der Waals surface area contributed by atoms with Gasteiger partial charge in [-0.25, -0.2) is 0 Å². The summed E-state index contributed by atoms with van der Waals surface area (Å²) in [5, 5.41) is 0.607. The van der Waals surface area contributed by atoms with Crippen LogP contribution in [-0.4, -0.2) is 5.79 Å². The minimum absolute atomic E-state index is 0.437. The van der Waals surface area contributed by atoms with Gasteiger partial charge in [0.1, 0.15) is 5.75 Å². The minimum atomic E-state index is -0.623. The zero-order valence-corrected chi connectivity index (χ0v) is 10.2. The van der Waals surface area contributed by atoms with Gasteiger partial charge in [-0.05, 0) is 11.6 Å². The number of ether oxygens (including phenoxy) is 2. The Morgan fingerprint density at radius 3 is 2.80 bits per heavy atom. The molecule has 1 aliphatic rings. The van der Waals surface area contributed by atoms with E-state index in [-0.39, 0.29) is 0 Å². The molecule has 1 aromatic rings. The topological polar surface area (TPSA) is 18.5 Å². The van der Waals surface area contributed by atoms with Crippen molar-refractivity contribution in [2.75, 3.05) is 0 Å². The lowest BCUT2D eigenvalue weighted by atomic mass is 10.1. The molecule has 1 aliphatic heterocycles. The first kappa shape index (κ1) is 11.1. The molecule has 0 fully saturated rings. The van der Waals surface area contributed by atoms with Crippen molar-refractivity contribution in [2.24, 2.45) is 0 Å². The highest BCUT2D eigenvalue weighted by Crippen LogP contribution is 2.39. The van der Waals surface area contributed by atoms with E-state index in [1.807, 2.05) is 19.9 Å². The summed E-state index contributed by atoms with van der Waals surface area (Å²) in [6, 6.07) is 3.71. The van der Waals surface area contributed by atoms with Gasteiger partial charge in [0.25, 0.3) is 0 Å². The molecule has 82 valence electrons. The number of rotatable bonds is 1. The molecule has 2 nitrogen and oxygen atoms in total. The number of benzene rings is 1. The average Bonchev–Trinajstić information content (AvgIpc) is 2.18. The summed E-state index contributed by atoms with van der Waals surface area (Å²) >= 11 is 11.9. The van der Waals surface area contributed by atoms with Crippen molar-refractivity contribution in [3.63, 3.8) is 0 Å². The summed E-state index contributed by atoms with van der Waals surface area (Å²) in [4.78, 5) is 0. The van der Waals surface area contributed by atoms with E-state index in [4.69, 9.17) is 32.7 Å². The lowest BCUT2D eigenvalue weighted by molar-refractivity contribution is -0.180.